The van der Waals surface area contributed by atoms with Gasteiger partial charge in [-0.2, -0.15) is 0 Å². The van der Waals surface area contributed by atoms with Crippen molar-refractivity contribution in [3.8, 4) is 0 Å². The van der Waals surface area contributed by atoms with Crippen molar-refractivity contribution in [2.45, 2.75) is 83.3 Å². The van der Waals surface area contributed by atoms with Crippen LogP contribution in [0.4, 0.5) is 0 Å². The minimum absolute atomic E-state index is 0.602. The van der Waals surface area contributed by atoms with E-state index in [1.807, 2.05) is 0 Å². The van der Waals surface area contributed by atoms with Crippen LogP contribution in [0.15, 0.2) is 0 Å². The molecule has 2 unspecified atom stereocenters. The van der Waals surface area contributed by atoms with Crippen molar-refractivity contribution in [2.24, 2.45) is 11.3 Å². The lowest BCUT2D eigenvalue weighted by molar-refractivity contribution is 0.126. The van der Waals surface area contributed by atoms with Crippen LogP contribution in [-0.2, 0) is 0 Å². The Morgan fingerprint density at radius 3 is 2.16 bits per heavy atom. The van der Waals surface area contributed by atoms with Crippen molar-refractivity contribution in [3.63, 3.8) is 0 Å². The second-order valence-corrected chi connectivity index (χ2v) is 8.23. The zero-order chi connectivity index (χ0) is 13.5. The molecule has 2 heteroatoms. The number of hydrogen-bond acceptors (Lipinski definition) is 2. The van der Waals surface area contributed by atoms with Gasteiger partial charge in [0, 0.05) is 18.1 Å². The van der Waals surface area contributed by atoms with Gasteiger partial charge in [-0.15, -0.1) is 0 Å². The van der Waals surface area contributed by atoms with E-state index in [-0.39, 0.29) is 0 Å². The quantitative estimate of drug-likeness (QED) is 0.840. The van der Waals surface area contributed by atoms with Crippen LogP contribution in [0.25, 0.3) is 0 Å². The van der Waals surface area contributed by atoms with Crippen LogP contribution in [0, 0.1) is 11.3 Å². The van der Waals surface area contributed by atoms with E-state index in [0.29, 0.717) is 5.41 Å². The maximum Gasteiger partial charge on any atom is 0.00988 e. The highest BCUT2D eigenvalue weighted by atomic mass is 15.2. The van der Waals surface area contributed by atoms with Gasteiger partial charge in [0.25, 0.3) is 0 Å². The van der Waals surface area contributed by atoms with Gasteiger partial charge < -0.3 is 10.2 Å². The van der Waals surface area contributed by atoms with Gasteiger partial charge >= 0.3 is 0 Å². The molecule has 0 aromatic rings. The molecule has 19 heavy (non-hydrogen) atoms. The molecule has 0 amide bonds. The van der Waals surface area contributed by atoms with Crippen molar-refractivity contribution < 1.29 is 0 Å². The molecule has 2 nitrogen and oxygen atoms in total. The molecule has 2 saturated heterocycles. The summed E-state index contributed by atoms with van der Waals surface area (Å²) in [5, 5.41) is 3.89. The Kier molecular flexibility index (Phi) is 3.92. The Morgan fingerprint density at radius 1 is 1.00 bits per heavy atom. The average molecular weight is 264 g/mol. The molecular weight excluding hydrogens is 232 g/mol. The van der Waals surface area contributed by atoms with E-state index < -0.39 is 0 Å². The fraction of sp³-hybridized carbons (Fsp3) is 1.00. The molecule has 3 rings (SSSR count). The molecule has 2 heterocycles. The molecule has 2 aliphatic heterocycles. The molecule has 1 aliphatic carbocycles. The summed E-state index contributed by atoms with van der Waals surface area (Å²) in [6, 6.07) is 2.61. The summed E-state index contributed by atoms with van der Waals surface area (Å²) < 4.78 is 0. The van der Waals surface area contributed by atoms with Crippen LogP contribution in [0.2, 0.25) is 0 Å². The Balaban J connectivity index is 1.42. The van der Waals surface area contributed by atoms with E-state index in [2.05, 4.69) is 31.1 Å². The number of hydrogen-bond donors (Lipinski definition) is 1. The highest BCUT2D eigenvalue weighted by molar-refractivity contribution is 4.94. The van der Waals surface area contributed by atoms with Gasteiger partial charge in [0.15, 0.2) is 0 Å². The third-order valence-corrected chi connectivity index (χ3v) is 6.23. The van der Waals surface area contributed by atoms with Crippen molar-refractivity contribution in [3.05, 3.63) is 0 Å². The topological polar surface area (TPSA) is 15.3 Å². The lowest BCUT2D eigenvalue weighted by atomic mass is 9.75. The third kappa shape index (κ3) is 3.16. The van der Waals surface area contributed by atoms with E-state index in [4.69, 9.17) is 0 Å². The number of nitrogens with zero attached hydrogens (tertiary/aromatic N) is 1. The predicted molar refractivity (Wildman–Crippen MR) is 81.3 cm³/mol. The van der Waals surface area contributed by atoms with Gasteiger partial charge in [-0.05, 0) is 76.3 Å². The van der Waals surface area contributed by atoms with E-state index in [1.54, 1.807) is 0 Å². The molecule has 1 N–H and O–H groups in total. The number of fused-ring (bicyclic) bond motifs is 2. The second kappa shape index (κ2) is 5.37. The maximum absolute atomic E-state index is 3.89. The number of nitrogens with one attached hydrogen (secondary N) is 1. The summed E-state index contributed by atoms with van der Waals surface area (Å²) in [6.07, 6.45) is 11.4. The van der Waals surface area contributed by atoms with Gasteiger partial charge in [0.2, 0.25) is 0 Å². The van der Waals surface area contributed by atoms with Crippen molar-refractivity contribution in [1.29, 1.82) is 0 Å². The molecule has 3 fully saturated rings. The largest absolute Gasteiger partial charge is 0.314 e. The monoisotopic (exact) mass is 264 g/mol. The Hall–Kier alpha value is -0.0800. The smallest absolute Gasteiger partial charge is 0.00988 e. The van der Waals surface area contributed by atoms with Gasteiger partial charge in [-0.25, -0.2) is 0 Å². The lowest BCUT2D eigenvalue weighted by Gasteiger charge is -2.38. The summed E-state index contributed by atoms with van der Waals surface area (Å²) in [5.41, 5.74) is 0.602. The second-order valence-electron chi connectivity index (χ2n) is 8.23. The van der Waals surface area contributed by atoms with Crippen LogP contribution < -0.4 is 5.32 Å². The molecule has 0 radical (unpaired) electrons. The van der Waals surface area contributed by atoms with Crippen LogP contribution in [0.5, 0.6) is 0 Å². The Labute approximate surface area is 119 Å². The minimum atomic E-state index is 0.602. The van der Waals surface area contributed by atoms with Crippen LogP contribution in [0.3, 0.4) is 0 Å². The van der Waals surface area contributed by atoms with Crippen molar-refractivity contribution >= 4 is 0 Å². The first-order chi connectivity index (χ1) is 9.03. The number of rotatable bonds is 3. The predicted octanol–water partition coefficient (Wildman–Crippen LogP) is 3.42. The van der Waals surface area contributed by atoms with E-state index >= 15 is 0 Å². The molecule has 0 spiro atoms. The molecule has 3 aliphatic rings. The van der Waals surface area contributed by atoms with E-state index in [1.165, 1.54) is 57.9 Å². The molecule has 110 valence electrons. The fourth-order valence-electron chi connectivity index (χ4n) is 4.63. The highest BCUT2D eigenvalue weighted by Crippen LogP contribution is 2.38. The average Bonchev–Trinajstić information content (AvgIpc) is 2.61. The molecule has 0 aromatic carbocycles. The first-order valence-corrected chi connectivity index (χ1v) is 8.49. The maximum atomic E-state index is 3.89. The summed E-state index contributed by atoms with van der Waals surface area (Å²) in [5.74, 6) is 0.948. The Bertz CT molecular complexity index is 288. The minimum Gasteiger partial charge on any atom is -0.314 e. The van der Waals surface area contributed by atoms with Crippen molar-refractivity contribution in [2.75, 3.05) is 13.6 Å². The summed E-state index contributed by atoms with van der Waals surface area (Å²) >= 11 is 0. The van der Waals surface area contributed by atoms with Gasteiger partial charge in [0.1, 0.15) is 0 Å². The van der Waals surface area contributed by atoms with Gasteiger partial charge in [-0.3, -0.25) is 0 Å². The highest BCUT2D eigenvalue weighted by Gasteiger charge is 2.38. The SMILES string of the molecule is CN1C2CCC1CC(CNC1CCC(C)(C)CC1)C2. The summed E-state index contributed by atoms with van der Waals surface area (Å²) in [6.45, 7) is 6.14. The fourth-order valence-corrected chi connectivity index (χ4v) is 4.63. The van der Waals surface area contributed by atoms with Crippen LogP contribution >= 0.6 is 0 Å². The van der Waals surface area contributed by atoms with Gasteiger partial charge in [0.05, 0.1) is 0 Å². The summed E-state index contributed by atoms with van der Waals surface area (Å²) in [4.78, 5) is 2.65. The van der Waals surface area contributed by atoms with Gasteiger partial charge in [-0.1, -0.05) is 13.8 Å². The molecule has 2 bridgehead atoms. The standard InChI is InChI=1S/C17H32N2/c1-17(2)8-6-14(7-9-17)18-12-13-10-15-4-5-16(11-13)19(15)3/h13-16,18H,4-12H2,1-3H3. The Morgan fingerprint density at radius 2 is 1.58 bits per heavy atom. The lowest BCUT2D eigenvalue weighted by Crippen LogP contribution is -2.44. The first-order valence-electron chi connectivity index (χ1n) is 8.49. The summed E-state index contributed by atoms with van der Waals surface area (Å²) in [7, 11) is 2.34. The first kappa shape index (κ1) is 13.9. The normalized spacial score (nSPS) is 39.6. The zero-order valence-electron chi connectivity index (χ0n) is 13.1. The van der Waals surface area contributed by atoms with Crippen molar-refractivity contribution in [1.82, 2.24) is 10.2 Å². The zero-order valence-corrected chi connectivity index (χ0v) is 13.1. The molecule has 1 saturated carbocycles. The van der Waals surface area contributed by atoms with Crippen LogP contribution in [-0.4, -0.2) is 36.6 Å². The molecule has 2 atom stereocenters. The van der Waals surface area contributed by atoms with E-state index in [0.717, 1.165) is 24.0 Å². The molecule has 0 aromatic heterocycles. The number of piperidine rings is 1. The molecular formula is C17H32N2. The van der Waals surface area contributed by atoms with E-state index in [9.17, 15) is 0 Å². The van der Waals surface area contributed by atoms with Crippen LogP contribution in [0.1, 0.15) is 65.2 Å². The third-order valence-electron chi connectivity index (χ3n) is 6.23.